The number of nitrogens with one attached hydrogen (secondary N) is 2. The SMILES string of the molecule is CCOC(=O)c1c(C)[nH]c(C(=O)C(=O)NC2CCCCCC2)c1-c1ccc(F)cc1. The highest BCUT2D eigenvalue weighted by molar-refractivity contribution is 6.44. The Morgan fingerprint density at radius 3 is 2.33 bits per heavy atom. The summed E-state index contributed by atoms with van der Waals surface area (Å²) in [7, 11) is 0. The Kier molecular flexibility index (Phi) is 7.03. The third-order valence-corrected chi connectivity index (χ3v) is 5.42. The van der Waals surface area contributed by atoms with Crippen LogP contribution in [0.3, 0.4) is 0 Å². The van der Waals surface area contributed by atoms with Crippen LogP contribution in [0.4, 0.5) is 4.39 Å². The predicted octanol–water partition coefficient (Wildman–Crippen LogP) is 4.33. The maximum absolute atomic E-state index is 13.4. The zero-order chi connectivity index (χ0) is 21.7. The molecule has 2 N–H and O–H groups in total. The Morgan fingerprint density at radius 2 is 1.73 bits per heavy atom. The number of amides is 1. The second-order valence-electron chi connectivity index (χ2n) is 7.59. The van der Waals surface area contributed by atoms with E-state index in [-0.39, 0.29) is 29.5 Å². The highest BCUT2D eigenvalue weighted by Gasteiger charge is 2.30. The first kappa shape index (κ1) is 21.7. The van der Waals surface area contributed by atoms with Crippen molar-refractivity contribution in [1.29, 1.82) is 0 Å². The van der Waals surface area contributed by atoms with Gasteiger partial charge in [0.1, 0.15) is 11.5 Å². The molecule has 1 aromatic heterocycles. The van der Waals surface area contributed by atoms with E-state index in [2.05, 4.69) is 10.3 Å². The molecule has 1 heterocycles. The number of Topliss-reactive ketones (excluding diaryl/α,β-unsaturated/α-hetero) is 1. The molecule has 0 bridgehead atoms. The van der Waals surface area contributed by atoms with Gasteiger partial charge in [-0.2, -0.15) is 0 Å². The average Bonchev–Trinajstić information content (AvgIpc) is 2.88. The summed E-state index contributed by atoms with van der Waals surface area (Å²) in [6.07, 6.45) is 6.01. The van der Waals surface area contributed by atoms with Gasteiger partial charge in [-0.05, 0) is 44.4 Å². The molecule has 0 radical (unpaired) electrons. The second-order valence-corrected chi connectivity index (χ2v) is 7.59. The lowest BCUT2D eigenvalue weighted by atomic mass is 9.98. The zero-order valence-corrected chi connectivity index (χ0v) is 17.3. The molecule has 7 heteroatoms. The molecule has 3 rings (SSSR count). The van der Waals surface area contributed by atoms with Crippen molar-refractivity contribution in [3.05, 3.63) is 47.0 Å². The summed E-state index contributed by atoms with van der Waals surface area (Å²) in [4.78, 5) is 41.2. The minimum absolute atomic E-state index is 0.00767. The molecule has 1 aliphatic carbocycles. The van der Waals surface area contributed by atoms with Crippen LogP contribution in [0.15, 0.2) is 24.3 Å². The molecule has 6 nitrogen and oxygen atoms in total. The Bertz CT molecular complexity index is 925. The third-order valence-electron chi connectivity index (χ3n) is 5.42. The molecule has 1 aromatic carbocycles. The van der Waals surface area contributed by atoms with Crippen molar-refractivity contribution in [2.24, 2.45) is 0 Å². The number of benzene rings is 1. The Hall–Kier alpha value is -2.96. The van der Waals surface area contributed by atoms with Crippen LogP contribution in [0.25, 0.3) is 11.1 Å². The van der Waals surface area contributed by atoms with Crippen molar-refractivity contribution < 1.29 is 23.5 Å². The number of aryl methyl sites for hydroxylation is 1. The summed E-state index contributed by atoms with van der Waals surface area (Å²) in [6, 6.07) is 5.40. The van der Waals surface area contributed by atoms with Gasteiger partial charge in [0.25, 0.3) is 11.7 Å². The Balaban J connectivity index is 1.97. The molecule has 1 fully saturated rings. The smallest absolute Gasteiger partial charge is 0.340 e. The number of aromatic nitrogens is 1. The van der Waals surface area contributed by atoms with Gasteiger partial charge in [-0.1, -0.05) is 37.8 Å². The number of esters is 1. The highest BCUT2D eigenvalue weighted by Crippen LogP contribution is 2.32. The maximum atomic E-state index is 13.4. The van der Waals surface area contributed by atoms with Gasteiger partial charge in [0.2, 0.25) is 0 Å². The molecule has 1 amide bonds. The molecule has 0 atom stereocenters. The van der Waals surface area contributed by atoms with Crippen LogP contribution < -0.4 is 5.32 Å². The Labute approximate surface area is 175 Å². The van der Waals surface area contributed by atoms with Gasteiger partial charge in [-0.25, -0.2) is 9.18 Å². The lowest BCUT2D eigenvalue weighted by molar-refractivity contribution is -0.117. The predicted molar refractivity (Wildman–Crippen MR) is 111 cm³/mol. The van der Waals surface area contributed by atoms with Gasteiger partial charge in [0.05, 0.1) is 12.2 Å². The van der Waals surface area contributed by atoms with Gasteiger partial charge in [0.15, 0.2) is 0 Å². The molecule has 160 valence electrons. The fourth-order valence-corrected chi connectivity index (χ4v) is 3.95. The van der Waals surface area contributed by atoms with Crippen LogP contribution >= 0.6 is 0 Å². The van der Waals surface area contributed by atoms with E-state index in [0.717, 1.165) is 38.5 Å². The van der Waals surface area contributed by atoms with Gasteiger partial charge < -0.3 is 15.0 Å². The monoisotopic (exact) mass is 414 g/mol. The van der Waals surface area contributed by atoms with E-state index in [1.807, 2.05) is 0 Å². The first-order chi connectivity index (χ1) is 14.4. The van der Waals surface area contributed by atoms with Gasteiger partial charge >= 0.3 is 5.97 Å². The van der Waals surface area contributed by atoms with Gasteiger partial charge in [0, 0.05) is 17.3 Å². The lowest BCUT2D eigenvalue weighted by Gasteiger charge is -2.15. The standard InChI is InChI=1S/C23H27FN2O4/c1-3-30-23(29)18-14(2)25-20(19(18)15-10-12-16(24)13-11-15)21(27)22(28)26-17-8-6-4-5-7-9-17/h10-13,17,25H,3-9H2,1-2H3,(H,26,28). The van der Waals surface area contributed by atoms with Crippen molar-refractivity contribution >= 4 is 17.7 Å². The van der Waals surface area contributed by atoms with Crippen LogP contribution in [0.2, 0.25) is 0 Å². The summed E-state index contributed by atoms with van der Waals surface area (Å²) in [5, 5.41) is 2.84. The average molecular weight is 414 g/mol. The zero-order valence-electron chi connectivity index (χ0n) is 17.3. The van der Waals surface area contributed by atoms with E-state index in [4.69, 9.17) is 4.74 Å². The number of carbonyl (C=O) groups excluding carboxylic acids is 3. The van der Waals surface area contributed by atoms with Crippen molar-refractivity contribution in [2.75, 3.05) is 6.61 Å². The summed E-state index contributed by atoms with van der Waals surface area (Å²) >= 11 is 0. The highest BCUT2D eigenvalue weighted by atomic mass is 19.1. The second kappa shape index (κ2) is 9.69. The maximum Gasteiger partial charge on any atom is 0.340 e. The van der Waals surface area contributed by atoms with Crippen LogP contribution in [0.5, 0.6) is 0 Å². The molecule has 1 saturated carbocycles. The van der Waals surface area contributed by atoms with Crippen LogP contribution in [0.1, 0.15) is 72.0 Å². The van der Waals surface area contributed by atoms with E-state index >= 15 is 0 Å². The number of H-pyrrole nitrogens is 1. The van der Waals surface area contributed by atoms with Crippen LogP contribution in [0, 0.1) is 12.7 Å². The van der Waals surface area contributed by atoms with E-state index < -0.39 is 23.5 Å². The molecule has 0 aliphatic heterocycles. The number of hydrogen-bond donors (Lipinski definition) is 2. The molecule has 0 unspecified atom stereocenters. The lowest BCUT2D eigenvalue weighted by Crippen LogP contribution is -2.39. The summed E-state index contributed by atoms with van der Waals surface area (Å²) in [6.45, 7) is 3.49. The summed E-state index contributed by atoms with van der Waals surface area (Å²) in [5.41, 5.74) is 1.31. The van der Waals surface area contributed by atoms with Crippen molar-refractivity contribution in [1.82, 2.24) is 10.3 Å². The first-order valence-electron chi connectivity index (χ1n) is 10.4. The first-order valence-corrected chi connectivity index (χ1v) is 10.4. The Morgan fingerprint density at radius 1 is 1.10 bits per heavy atom. The van der Waals surface area contributed by atoms with Crippen molar-refractivity contribution in [2.45, 2.75) is 58.4 Å². The third kappa shape index (κ3) is 4.78. The number of carbonyl (C=O) groups is 3. The molecular weight excluding hydrogens is 387 g/mol. The normalized spacial score (nSPS) is 14.8. The topological polar surface area (TPSA) is 88.3 Å². The molecule has 0 spiro atoms. The van der Waals surface area contributed by atoms with Crippen LogP contribution in [-0.2, 0) is 9.53 Å². The quantitative estimate of drug-likeness (QED) is 0.319. The van der Waals surface area contributed by atoms with E-state index in [9.17, 15) is 18.8 Å². The number of rotatable bonds is 6. The fourth-order valence-electron chi connectivity index (χ4n) is 3.95. The number of ether oxygens (including phenoxy) is 1. The number of halogens is 1. The number of aromatic amines is 1. The van der Waals surface area contributed by atoms with E-state index in [0.29, 0.717) is 11.3 Å². The summed E-state index contributed by atoms with van der Waals surface area (Å²) < 4.78 is 18.6. The minimum atomic E-state index is -0.753. The van der Waals surface area contributed by atoms with Crippen molar-refractivity contribution in [3.8, 4) is 11.1 Å². The van der Waals surface area contributed by atoms with Gasteiger partial charge in [-0.15, -0.1) is 0 Å². The molecular formula is C23H27FN2O4. The van der Waals surface area contributed by atoms with E-state index in [1.54, 1.807) is 13.8 Å². The number of hydrogen-bond acceptors (Lipinski definition) is 4. The van der Waals surface area contributed by atoms with Gasteiger partial charge in [-0.3, -0.25) is 9.59 Å². The molecule has 0 saturated heterocycles. The fraction of sp³-hybridized carbons (Fsp3) is 0.435. The van der Waals surface area contributed by atoms with E-state index in [1.165, 1.54) is 24.3 Å². The number of ketones is 1. The molecule has 2 aromatic rings. The van der Waals surface area contributed by atoms with Crippen molar-refractivity contribution in [3.63, 3.8) is 0 Å². The summed E-state index contributed by atoms with van der Waals surface area (Å²) in [5.74, 6) is -2.50. The molecule has 1 aliphatic rings. The minimum Gasteiger partial charge on any atom is -0.462 e. The largest absolute Gasteiger partial charge is 0.462 e. The molecule has 30 heavy (non-hydrogen) atoms. The van der Waals surface area contributed by atoms with Crippen LogP contribution in [-0.4, -0.2) is 35.3 Å².